The summed E-state index contributed by atoms with van der Waals surface area (Å²) in [6.07, 6.45) is 33.4. The molecule has 1 fully saturated rings. The number of rotatable bonds is 29. The van der Waals surface area contributed by atoms with Crippen molar-refractivity contribution >= 4 is 0 Å². The minimum Gasteiger partial charge on any atom is -0.384 e. The van der Waals surface area contributed by atoms with E-state index < -0.39 is 0 Å². The van der Waals surface area contributed by atoms with Gasteiger partial charge in [0, 0.05) is 32.9 Å². The summed E-state index contributed by atoms with van der Waals surface area (Å²) >= 11 is 0. The van der Waals surface area contributed by atoms with Crippen LogP contribution in [-0.4, -0.2) is 39.0 Å². The molecule has 1 rings (SSSR count). The van der Waals surface area contributed by atoms with Gasteiger partial charge in [0.2, 0.25) is 0 Å². The molecule has 1 N–H and O–H groups in total. The SMILES string of the molecule is CCCCCCCCCCCC(CCC)C(C)C(C)NC1CC(CCCC(CCCCCCC)OC)CC(COC)C1. The summed E-state index contributed by atoms with van der Waals surface area (Å²) in [6, 6.07) is 1.24. The lowest BCUT2D eigenvalue weighted by Gasteiger charge is -2.39. The van der Waals surface area contributed by atoms with Crippen molar-refractivity contribution in [3.05, 3.63) is 0 Å². The molecule has 7 atom stereocenters. The molecule has 42 heavy (non-hydrogen) atoms. The van der Waals surface area contributed by atoms with E-state index >= 15 is 0 Å². The molecule has 3 heteroatoms. The molecule has 0 saturated heterocycles. The fraction of sp³-hybridized carbons (Fsp3) is 1.00. The van der Waals surface area contributed by atoms with Gasteiger partial charge in [-0.1, -0.05) is 150 Å². The van der Waals surface area contributed by atoms with Crippen molar-refractivity contribution in [1.29, 1.82) is 0 Å². The summed E-state index contributed by atoms with van der Waals surface area (Å²) in [5, 5.41) is 4.19. The van der Waals surface area contributed by atoms with Crippen LogP contribution in [0.15, 0.2) is 0 Å². The highest BCUT2D eigenvalue weighted by atomic mass is 16.5. The van der Waals surface area contributed by atoms with Gasteiger partial charge in [-0.15, -0.1) is 0 Å². The zero-order valence-electron chi connectivity index (χ0n) is 30.0. The third-order valence-corrected chi connectivity index (χ3v) is 10.8. The van der Waals surface area contributed by atoms with E-state index in [0.717, 1.165) is 24.4 Å². The summed E-state index contributed by atoms with van der Waals surface area (Å²) < 4.78 is 11.6. The van der Waals surface area contributed by atoms with E-state index in [1.165, 1.54) is 154 Å². The molecule has 0 aromatic heterocycles. The van der Waals surface area contributed by atoms with Gasteiger partial charge in [0.25, 0.3) is 0 Å². The molecule has 0 amide bonds. The van der Waals surface area contributed by atoms with Gasteiger partial charge in [0.1, 0.15) is 0 Å². The van der Waals surface area contributed by atoms with E-state index in [1.807, 2.05) is 14.2 Å². The van der Waals surface area contributed by atoms with Crippen molar-refractivity contribution in [3.8, 4) is 0 Å². The van der Waals surface area contributed by atoms with Gasteiger partial charge in [-0.2, -0.15) is 0 Å². The number of hydrogen-bond acceptors (Lipinski definition) is 3. The van der Waals surface area contributed by atoms with E-state index in [4.69, 9.17) is 9.47 Å². The Morgan fingerprint density at radius 1 is 0.595 bits per heavy atom. The van der Waals surface area contributed by atoms with Gasteiger partial charge in [0.15, 0.2) is 0 Å². The first-order valence-electron chi connectivity index (χ1n) is 19.3. The van der Waals surface area contributed by atoms with Crippen molar-refractivity contribution in [2.45, 2.75) is 207 Å². The second kappa shape index (κ2) is 27.2. The molecular formula is C39H79NO2. The highest BCUT2D eigenvalue weighted by Gasteiger charge is 2.31. The topological polar surface area (TPSA) is 30.5 Å². The molecule has 0 heterocycles. The fourth-order valence-corrected chi connectivity index (χ4v) is 7.99. The Kier molecular flexibility index (Phi) is 25.9. The molecular weight excluding hydrogens is 514 g/mol. The Labute approximate surface area is 265 Å². The third-order valence-electron chi connectivity index (χ3n) is 10.8. The molecule has 1 aliphatic carbocycles. The highest BCUT2D eigenvalue weighted by Crippen LogP contribution is 2.35. The predicted molar refractivity (Wildman–Crippen MR) is 187 cm³/mol. The van der Waals surface area contributed by atoms with Crippen molar-refractivity contribution < 1.29 is 9.47 Å². The maximum Gasteiger partial charge on any atom is 0.0571 e. The number of nitrogens with one attached hydrogen (secondary N) is 1. The zero-order valence-corrected chi connectivity index (χ0v) is 30.0. The lowest BCUT2D eigenvalue weighted by Crippen LogP contribution is -2.46. The first-order valence-corrected chi connectivity index (χ1v) is 19.3. The Morgan fingerprint density at radius 2 is 1.14 bits per heavy atom. The fourth-order valence-electron chi connectivity index (χ4n) is 7.99. The van der Waals surface area contributed by atoms with Crippen LogP contribution in [0.2, 0.25) is 0 Å². The summed E-state index contributed by atoms with van der Waals surface area (Å²) in [5.41, 5.74) is 0. The summed E-state index contributed by atoms with van der Waals surface area (Å²) in [7, 11) is 3.82. The van der Waals surface area contributed by atoms with Gasteiger partial charge >= 0.3 is 0 Å². The molecule has 0 aromatic rings. The standard InChI is InChI=1S/C39H79NO2/c1-8-11-13-15-16-17-18-20-21-26-37(24-10-3)33(4)34(5)40-38-30-35(29-36(31-38)32-41-6)25-23-28-39(42-7)27-22-19-14-12-9-2/h33-40H,8-32H2,1-7H3. The number of hydrogen-bond donors (Lipinski definition) is 1. The second-order valence-corrected chi connectivity index (χ2v) is 14.6. The average molecular weight is 594 g/mol. The van der Waals surface area contributed by atoms with Gasteiger partial charge in [-0.25, -0.2) is 0 Å². The molecule has 252 valence electrons. The summed E-state index contributed by atoms with van der Waals surface area (Å²) in [6.45, 7) is 13.0. The smallest absolute Gasteiger partial charge is 0.0571 e. The van der Waals surface area contributed by atoms with Crippen molar-refractivity contribution in [2.24, 2.45) is 23.7 Å². The Hall–Kier alpha value is -0.120. The van der Waals surface area contributed by atoms with Gasteiger partial charge in [0.05, 0.1) is 6.10 Å². The van der Waals surface area contributed by atoms with E-state index in [1.54, 1.807) is 0 Å². The van der Waals surface area contributed by atoms with Crippen LogP contribution < -0.4 is 5.32 Å². The van der Waals surface area contributed by atoms with Crippen molar-refractivity contribution in [1.82, 2.24) is 5.32 Å². The number of methoxy groups -OCH3 is 2. The first-order chi connectivity index (χ1) is 20.5. The molecule has 1 saturated carbocycles. The van der Waals surface area contributed by atoms with Crippen LogP contribution in [0.4, 0.5) is 0 Å². The van der Waals surface area contributed by atoms with E-state index in [-0.39, 0.29) is 0 Å². The van der Waals surface area contributed by atoms with Gasteiger partial charge in [-0.3, -0.25) is 0 Å². The van der Waals surface area contributed by atoms with Crippen LogP contribution in [-0.2, 0) is 9.47 Å². The molecule has 1 aliphatic rings. The maximum atomic E-state index is 5.88. The average Bonchev–Trinajstić information content (AvgIpc) is 2.98. The number of ether oxygens (including phenoxy) is 2. The van der Waals surface area contributed by atoms with E-state index in [9.17, 15) is 0 Å². The normalized spacial score (nSPS) is 22.2. The number of unbranched alkanes of at least 4 members (excludes halogenated alkanes) is 12. The predicted octanol–water partition coefficient (Wildman–Crippen LogP) is 11.9. The largest absolute Gasteiger partial charge is 0.384 e. The van der Waals surface area contributed by atoms with Crippen LogP contribution >= 0.6 is 0 Å². The molecule has 7 unspecified atom stereocenters. The van der Waals surface area contributed by atoms with Crippen LogP contribution in [0.3, 0.4) is 0 Å². The zero-order chi connectivity index (χ0) is 30.8. The molecule has 0 aromatic carbocycles. The maximum absolute atomic E-state index is 5.88. The van der Waals surface area contributed by atoms with Crippen molar-refractivity contribution in [2.75, 3.05) is 20.8 Å². The van der Waals surface area contributed by atoms with Gasteiger partial charge in [-0.05, 0) is 62.7 Å². The second-order valence-electron chi connectivity index (χ2n) is 14.6. The minimum absolute atomic E-state index is 0.459. The minimum atomic E-state index is 0.459. The Balaban J connectivity index is 2.48. The molecule has 3 nitrogen and oxygen atoms in total. The molecule has 0 aliphatic heterocycles. The van der Waals surface area contributed by atoms with E-state index in [2.05, 4.69) is 39.9 Å². The lowest BCUT2D eigenvalue weighted by molar-refractivity contribution is 0.0740. The first kappa shape index (κ1) is 39.9. The quantitative estimate of drug-likeness (QED) is 0.0875. The van der Waals surface area contributed by atoms with Crippen LogP contribution in [0.25, 0.3) is 0 Å². The van der Waals surface area contributed by atoms with Crippen LogP contribution in [0.5, 0.6) is 0 Å². The molecule has 0 bridgehead atoms. The third kappa shape index (κ3) is 19.3. The lowest BCUT2D eigenvalue weighted by atomic mass is 9.75. The van der Waals surface area contributed by atoms with Gasteiger partial charge < -0.3 is 14.8 Å². The van der Waals surface area contributed by atoms with Crippen molar-refractivity contribution in [3.63, 3.8) is 0 Å². The van der Waals surface area contributed by atoms with Crippen LogP contribution in [0, 0.1) is 23.7 Å². The molecule has 0 spiro atoms. The molecule has 0 radical (unpaired) electrons. The van der Waals surface area contributed by atoms with Crippen LogP contribution in [0.1, 0.15) is 189 Å². The Bertz CT molecular complexity index is 569. The van der Waals surface area contributed by atoms with E-state index in [0.29, 0.717) is 24.1 Å². The summed E-state index contributed by atoms with van der Waals surface area (Å²) in [5.74, 6) is 3.15. The Morgan fingerprint density at radius 3 is 1.71 bits per heavy atom. The summed E-state index contributed by atoms with van der Waals surface area (Å²) in [4.78, 5) is 0. The highest BCUT2D eigenvalue weighted by molar-refractivity contribution is 4.87. The monoisotopic (exact) mass is 594 g/mol.